The zero-order valence-electron chi connectivity index (χ0n) is 11.9. The van der Waals surface area contributed by atoms with Crippen molar-refractivity contribution in [3.8, 4) is 5.75 Å². The molecule has 2 aromatic rings. The van der Waals surface area contributed by atoms with Gasteiger partial charge in [0.1, 0.15) is 5.75 Å². The molecule has 0 saturated carbocycles. The number of carbonyl (C=O) groups excluding carboxylic acids is 1. The Labute approximate surface area is 127 Å². The Balaban J connectivity index is 1.87. The standard InChI is InChI=1S/C15H18N2O3S/c1-2-19-14(18)13-12(21-15(16)17-13)9-6-10-20-11-7-4-3-5-8-11/h3-5,7-8H,2,6,9-10H2,1H3,(H2,16,17). The van der Waals surface area contributed by atoms with E-state index in [1.807, 2.05) is 30.3 Å². The molecule has 0 bridgehead atoms. The monoisotopic (exact) mass is 306 g/mol. The quantitative estimate of drug-likeness (QED) is 0.629. The van der Waals surface area contributed by atoms with Gasteiger partial charge in [-0.2, -0.15) is 0 Å². The minimum atomic E-state index is -0.413. The second kappa shape index (κ2) is 7.64. The SMILES string of the molecule is CCOC(=O)c1nc(N)sc1CCCOc1ccccc1. The lowest BCUT2D eigenvalue weighted by Crippen LogP contribution is -2.08. The summed E-state index contributed by atoms with van der Waals surface area (Å²) in [5.41, 5.74) is 6.01. The maximum Gasteiger partial charge on any atom is 0.358 e. The van der Waals surface area contributed by atoms with Crippen molar-refractivity contribution in [3.63, 3.8) is 0 Å². The minimum Gasteiger partial charge on any atom is -0.494 e. The lowest BCUT2D eigenvalue weighted by atomic mass is 10.2. The van der Waals surface area contributed by atoms with Gasteiger partial charge >= 0.3 is 5.97 Å². The fraction of sp³-hybridized carbons (Fsp3) is 0.333. The molecule has 2 N–H and O–H groups in total. The summed E-state index contributed by atoms with van der Waals surface area (Å²) in [5, 5.41) is 0.386. The van der Waals surface area contributed by atoms with Gasteiger partial charge in [0, 0.05) is 4.88 Å². The molecule has 0 aliphatic carbocycles. The van der Waals surface area contributed by atoms with Crippen LogP contribution in [0.4, 0.5) is 5.13 Å². The van der Waals surface area contributed by atoms with Crippen molar-refractivity contribution < 1.29 is 14.3 Å². The van der Waals surface area contributed by atoms with Gasteiger partial charge in [0.25, 0.3) is 0 Å². The molecule has 0 aliphatic heterocycles. The lowest BCUT2D eigenvalue weighted by Gasteiger charge is -2.05. The van der Waals surface area contributed by atoms with Gasteiger partial charge in [-0.05, 0) is 31.9 Å². The molecular formula is C15H18N2O3S. The number of aromatic nitrogens is 1. The molecule has 0 amide bonds. The number of nitrogen functional groups attached to an aromatic ring is 1. The Bertz CT molecular complexity index is 584. The third-order valence-electron chi connectivity index (χ3n) is 2.74. The zero-order valence-corrected chi connectivity index (χ0v) is 12.7. The fourth-order valence-electron chi connectivity index (χ4n) is 1.84. The van der Waals surface area contributed by atoms with E-state index in [0.717, 1.165) is 17.0 Å². The van der Waals surface area contributed by atoms with Crippen molar-refractivity contribution in [2.75, 3.05) is 18.9 Å². The van der Waals surface area contributed by atoms with E-state index in [-0.39, 0.29) is 0 Å². The molecule has 0 saturated heterocycles. The Kier molecular flexibility index (Phi) is 5.57. The van der Waals surface area contributed by atoms with Crippen LogP contribution in [0.5, 0.6) is 5.75 Å². The average Bonchev–Trinajstić information content (AvgIpc) is 2.86. The Morgan fingerprint density at radius 3 is 2.81 bits per heavy atom. The van der Waals surface area contributed by atoms with Gasteiger partial charge in [0.2, 0.25) is 0 Å². The van der Waals surface area contributed by atoms with Crippen LogP contribution in [0.3, 0.4) is 0 Å². The second-order valence-electron chi connectivity index (χ2n) is 4.31. The first-order chi connectivity index (χ1) is 10.2. The number of carbonyl (C=O) groups is 1. The van der Waals surface area contributed by atoms with Gasteiger partial charge in [0.15, 0.2) is 10.8 Å². The summed E-state index contributed by atoms with van der Waals surface area (Å²) in [6, 6.07) is 9.62. The first kappa shape index (κ1) is 15.3. The number of esters is 1. The van der Waals surface area contributed by atoms with Gasteiger partial charge in [-0.25, -0.2) is 9.78 Å². The molecule has 1 heterocycles. The van der Waals surface area contributed by atoms with Crippen LogP contribution in [0.25, 0.3) is 0 Å². The molecule has 0 fully saturated rings. The number of hydrogen-bond donors (Lipinski definition) is 1. The normalized spacial score (nSPS) is 10.3. The van der Waals surface area contributed by atoms with Crippen LogP contribution in [-0.2, 0) is 11.2 Å². The average molecular weight is 306 g/mol. The first-order valence-corrected chi connectivity index (χ1v) is 7.62. The zero-order chi connectivity index (χ0) is 15.1. The Hall–Kier alpha value is -2.08. The van der Waals surface area contributed by atoms with Crippen molar-refractivity contribution in [2.24, 2.45) is 0 Å². The van der Waals surface area contributed by atoms with Crippen LogP contribution in [0.1, 0.15) is 28.7 Å². The molecule has 5 nitrogen and oxygen atoms in total. The number of anilines is 1. The molecule has 112 valence electrons. The number of ether oxygens (including phenoxy) is 2. The van der Waals surface area contributed by atoms with E-state index in [4.69, 9.17) is 15.2 Å². The van der Waals surface area contributed by atoms with Crippen molar-refractivity contribution in [1.82, 2.24) is 4.98 Å². The predicted molar refractivity (Wildman–Crippen MR) is 82.7 cm³/mol. The summed E-state index contributed by atoms with van der Waals surface area (Å²) in [6.07, 6.45) is 1.47. The van der Waals surface area contributed by atoms with Crippen LogP contribution in [0, 0.1) is 0 Å². The van der Waals surface area contributed by atoms with Crippen LogP contribution in [0.2, 0.25) is 0 Å². The molecule has 21 heavy (non-hydrogen) atoms. The highest BCUT2D eigenvalue weighted by atomic mass is 32.1. The van der Waals surface area contributed by atoms with E-state index >= 15 is 0 Å². The van der Waals surface area contributed by atoms with Crippen molar-refractivity contribution in [2.45, 2.75) is 19.8 Å². The molecule has 0 aliphatic rings. The lowest BCUT2D eigenvalue weighted by molar-refractivity contribution is 0.0519. The van der Waals surface area contributed by atoms with E-state index in [0.29, 0.717) is 30.5 Å². The summed E-state index contributed by atoms with van der Waals surface area (Å²) in [7, 11) is 0. The summed E-state index contributed by atoms with van der Waals surface area (Å²) in [6.45, 7) is 2.66. The van der Waals surface area contributed by atoms with E-state index in [1.54, 1.807) is 6.92 Å². The van der Waals surface area contributed by atoms with Gasteiger partial charge in [-0.1, -0.05) is 18.2 Å². The summed E-state index contributed by atoms with van der Waals surface area (Å²) < 4.78 is 10.6. The highest BCUT2D eigenvalue weighted by molar-refractivity contribution is 7.15. The van der Waals surface area contributed by atoms with Gasteiger partial charge in [-0.15, -0.1) is 11.3 Å². The molecule has 0 unspecified atom stereocenters. The number of thiazole rings is 1. The van der Waals surface area contributed by atoms with E-state index in [1.165, 1.54) is 11.3 Å². The number of rotatable bonds is 7. The summed E-state index contributed by atoms with van der Waals surface area (Å²) >= 11 is 1.33. The number of hydrogen-bond acceptors (Lipinski definition) is 6. The number of aryl methyl sites for hydroxylation is 1. The number of benzene rings is 1. The van der Waals surface area contributed by atoms with Gasteiger partial charge < -0.3 is 15.2 Å². The smallest absolute Gasteiger partial charge is 0.358 e. The summed E-state index contributed by atoms with van der Waals surface area (Å²) in [4.78, 5) is 16.7. The largest absolute Gasteiger partial charge is 0.494 e. The minimum absolute atomic E-state index is 0.326. The third-order valence-corrected chi connectivity index (χ3v) is 3.69. The van der Waals surface area contributed by atoms with Crippen molar-refractivity contribution in [3.05, 3.63) is 40.9 Å². The molecule has 1 aromatic heterocycles. The maximum absolute atomic E-state index is 11.8. The fourth-order valence-corrected chi connectivity index (χ4v) is 2.70. The van der Waals surface area contributed by atoms with Crippen molar-refractivity contribution in [1.29, 1.82) is 0 Å². The van der Waals surface area contributed by atoms with Gasteiger partial charge in [-0.3, -0.25) is 0 Å². The third kappa shape index (κ3) is 4.46. The topological polar surface area (TPSA) is 74.4 Å². The highest BCUT2D eigenvalue weighted by Gasteiger charge is 2.17. The molecule has 0 spiro atoms. The molecule has 0 atom stereocenters. The van der Waals surface area contributed by atoms with E-state index in [9.17, 15) is 4.79 Å². The molecule has 6 heteroatoms. The van der Waals surface area contributed by atoms with Crippen molar-refractivity contribution >= 4 is 22.4 Å². The molecule has 1 aromatic carbocycles. The summed E-state index contributed by atoms with van der Waals surface area (Å²) in [5.74, 6) is 0.427. The molecule has 2 rings (SSSR count). The number of nitrogens with zero attached hydrogens (tertiary/aromatic N) is 1. The highest BCUT2D eigenvalue weighted by Crippen LogP contribution is 2.23. The van der Waals surface area contributed by atoms with Crippen LogP contribution >= 0.6 is 11.3 Å². The predicted octanol–water partition coefficient (Wildman–Crippen LogP) is 2.91. The first-order valence-electron chi connectivity index (χ1n) is 6.81. The number of para-hydroxylation sites is 1. The second-order valence-corrected chi connectivity index (χ2v) is 5.42. The van der Waals surface area contributed by atoms with Gasteiger partial charge in [0.05, 0.1) is 13.2 Å². The molecular weight excluding hydrogens is 288 g/mol. The number of nitrogens with two attached hydrogens (primary N) is 1. The van der Waals surface area contributed by atoms with Crippen LogP contribution in [-0.4, -0.2) is 24.2 Å². The van der Waals surface area contributed by atoms with Crippen LogP contribution in [0.15, 0.2) is 30.3 Å². The van der Waals surface area contributed by atoms with Crippen LogP contribution < -0.4 is 10.5 Å². The van der Waals surface area contributed by atoms with E-state index < -0.39 is 5.97 Å². The Morgan fingerprint density at radius 2 is 2.10 bits per heavy atom. The molecule has 0 radical (unpaired) electrons. The van der Waals surface area contributed by atoms with E-state index in [2.05, 4.69) is 4.98 Å². The maximum atomic E-state index is 11.8. The Morgan fingerprint density at radius 1 is 1.33 bits per heavy atom.